The van der Waals surface area contributed by atoms with Crippen molar-refractivity contribution < 1.29 is 44.0 Å². The Labute approximate surface area is 247 Å². The highest BCUT2D eigenvalue weighted by molar-refractivity contribution is 6.32. The van der Waals surface area contributed by atoms with Crippen LogP contribution in [0.4, 0.5) is 0 Å². The number of carbonyl (C=O) groups is 5. The van der Waals surface area contributed by atoms with Crippen LogP contribution < -0.4 is 10.5 Å². The fourth-order valence-corrected chi connectivity index (χ4v) is 7.29. The molecule has 11 nitrogen and oxygen atoms in total. The summed E-state index contributed by atoms with van der Waals surface area (Å²) in [7, 11) is 4.54. The average molecular weight is 591 g/mol. The molecular weight excluding hydrogens is 556 g/mol. The number of primary amides is 1. The average Bonchev–Trinajstić information content (AvgIpc) is 2.94. The van der Waals surface area contributed by atoms with Crippen LogP contribution in [0.25, 0.3) is 11.1 Å². The van der Waals surface area contributed by atoms with Crippen molar-refractivity contribution in [2.75, 3.05) is 21.2 Å². The molecule has 0 radical (unpaired) electrons. The number of benzene rings is 2. The SMILES string of the molecule is C=CCC(O)c1ccc(OC)c(-c2ccc(O)c3c2C[C@H]2C[C@H]4[C@H](N(C)C)C(=O)C(C(N)=O)C(=O)[C@@]4(O)C(=O)C2C3=O)c1. The van der Waals surface area contributed by atoms with Crippen molar-refractivity contribution in [3.8, 4) is 22.6 Å². The Balaban J connectivity index is 1.66. The van der Waals surface area contributed by atoms with Crippen LogP contribution in [-0.4, -0.2) is 82.1 Å². The highest BCUT2D eigenvalue weighted by Gasteiger charge is 2.69. The molecular formula is C32H34N2O9. The fourth-order valence-electron chi connectivity index (χ4n) is 7.29. The van der Waals surface area contributed by atoms with Gasteiger partial charge in [0.2, 0.25) is 5.91 Å². The number of amides is 1. The second-order valence-corrected chi connectivity index (χ2v) is 11.8. The second kappa shape index (κ2) is 10.8. The van der Waals surface area contributed by atoms with Gasteiger partial charge in [0, 0.05) is 11.5 Å². The largest absolute Gasteiger partial charge is 0.507 e. The number of Topliss-reactive ketones (excluding diaryl/α,β-unsaturated/α-hetero) is 4. The van der Waals surface area contributed by atoms with E-state index < -0.39 is 70.5 Å². The Hall–Kier alpha value is -4.19. The molecule has 2 aromatic rings. The lowest BCUT2D eigenvalue weighted by Crippen LogP contribution is -2.74. The van der Waals surface area contributed by atoms with Crippen molar-refractivity contribution >= 4 is 29.0 Å². The monoisotopic (exact) mass is 590 g/mol. The molecule has 2 fully saturated rings. The van der Waals surface area contributed by atoms with Crippen LogP contribution >= 0.6 is 0 Å². The van der Waals surface area contributed by atoms with Crippen LogP contribution in [0, 0.1) is 23.7 Å². The number of carbonyl (C=O) groups excluding carboxylic acids is 5. The summed E-state index contributed by atoms with van der Waals surface area (Å²) in [6.45, 7) is 3.67. The van der Waals surface area contributed by atoms with Gasteiger partial charge < -0.3 is 25.8 Å². The van der Waals surface area contributed by atoms with Crippen molar-refractivity contribution in [1.29, 1.82) is 0 Å². The third-order valence-electron chi connectivity index (χ3n) is 9.23. The number of nitrogens with zero attached hydrogens (tertiary/aromatic N) is 1. The minimum absolute atomic E-state index is 0.0613. The zero-order valence-electron chi connectivity index (χ0n) is 24.1. The van der Waals surface area contributed by atoms with E-state index in [1.807, 2.05) is 0 Å². The molecule has 0 saturated heterocycles. The van der Waals surface area contributed by atoms with E-state index >= 15 is 0 Å². The van der Waals surface area contributed by atoms with Crippen molar-refractivity contribution in [3.63, 3.8) is 0 Å². The standard InChI is InChI=1S/C32H34N2O9/c1-5-6-20(35)14-7-10-22(43-4)17(11-14)16-8-9-21(36)24-18(16)12-15-13-19-26(34(2)3)28(38)25(31(33)41)30(40)32(19,42)29(39)23(15)27(24)37/h5,7-11,15,19-20,23,25-26,35-36,42H,1,6,12-13H2,2-4H3,(H2,33,41)/t15-,19-,20?,23?,25?,26-,32-/m0/s1. The van der Waals surface area contributed by atoms with Gasteiger partial charge in [-0.2, -0.15) is 0 Å². The second-order valence-electron chi connectivity index (χ2n) is 11.8. The normalized spacial score (nSPS) is 29.0. The predicted octanol–water partition coefficient (Wildman–Crippen LogP) is 1.15. The van der Waals surface area contributed by atoms with Crippen molar-refractivity contribution in [1.82, 2.24) is 4.90 Å². The quantitative estimate of drug-likeness (QED) is 0.269. The lowest BCUT2D eigenvalue weighted by atomic mass is 9.52. The Bertz CT molecular complexity index is 1580. The molecule has 0 aromatic heterocycles. The molecule has 0 aliphatic heterocycles. The number of likely N-dealkylation sites (N-methyl/N-ethyl adjacent to an activating group) is 1. The number of aromatic hydroxyl groups is 1. The number of hydrogen-bond acceptors (Lipinski definition) is 10. The van der Waals surface area contributed by atoms with Gasteiger partial charge in [0.05, 0.1) is 30.7 Å². The summed E-state index contributed by atoms with van der Waals surface area (Å²) in [6, 6.07) is 6.88. The molecule has 5 N–H and O–H groups in total. The van der Waals surface area contributed by atoms with Crippen LogP contribution in [0.1, 0.15) is 40.4 Å². The predicted molar refractivity (Wildman–Crippen MR) is 153 cm³/mol. The molecule has 1 amide bonds. The summed E-state index contributed by atoms with van der Waals surface area (Å²) in [5.74, 6) is -10.7. The topological polar surface area (TPSA) is 185 Å². The highest BCUT2D eigenvalue weighted by atomic mass is 16.5. The van der Waals surface area contributed by atoms with E-state index in [0.717, 1.165) is 0 Å². The third-order valence-corrected chi connectivity index (χ3v) is 9.23. The van der Waals surface area contributed by atoms with E-state index in [1.54, 1.807) is 30.3 Å². The summed E-state index contributed by atoms with van der Waals surface area (Å²) < 4.78 is 5.59. The maximum absolute atomic E-state index is 14.0. The molecule has 11 heteroatoms. The summed E-state index contributed by atoms with van der Waals surface area (Å²) >= 11 is 0. The number of nitrogens with two attached hydrogens (primary N) is 1. The minimum atomic E-state index is -2.79. The number of ether oxygens (including phenoxy) is 1. The van der Waals surface area contributed by atoms with Gasteiger partial charge in [0.1, 0.15) is 11.5 Å². The molecule has 0 spiro atoms. The number of hydrogen-bond donors (Lipinski definition) is 4. The number of rotatable bonds is 7. The molecule has 3 aliphatic carbocycles. The van der Waals surface area contributed by atoms with Crippen molar-refractivity contribution in [2.24, 2.45) is 29.4 Å². The fraction of sp³-hybridized carbons (Fsp3) is 0.406. The molecule has 7 atom stereocenters. The molecule has 0 bridgehead atoms. The Morgan fingerprint density at radius 1 is 1.16 bits per heavy atom. The Morgan fingerprint density at radius 2 is 1.86 bits per heavy atom. The van der Waals surface area contributed by atoms with Gasteiger partial charge in [-0.15, -0.1) is 6.58 Å². The van der Waals surface area contributed by atoms with Gasteiger partial charge in [0.15, 0.2) is 34.7 Å². The van der Waals surface area contributed by atoms with Gasteiger partial charge in [-0.1, -0.05) is 18.2 Å². The number of methoxy groups -OCH3 is 1. The van der Waals surface area contributed by atoms with Gasteiger partial charge >= 0.3 is 0 Å². The van der Waals surface area contributed by atoms with Gasteiger partial charge in [-0.05, 0) is 74.2 Å². The van der Waals surface area contributed by atoms with E-state index in [9.17, 15) is 39.3 Å². The summed E-state index contributed by atoms with van der Waals surface area (Å²) in [6.07, 6.45) is 1.08. The first-order valence-corrected chi connectivity index (χ1v) is 14.0. The molecule has 226 valence electrons. The highest BCUT2D eigenvalue weighted by Crippen LogP contribution is 2.52. The van der Waals surface area contributed by atoms with Gasteiger partial charge in [-0.3, -0.25) is 28.9 Å². The molecule has 2 aromatic carbocycles. The zero-order chi connectivity index (χ0) is 31.5. The molecule has 3 aliphatic rings. The van der Waals surface area contributed by atoms with E-state index in [0.29, 0.717) is 34.4 Å². The number of aliphatic hydroxyl groups is 2. The van der Waals surface area contributed by atoms with E-state index in [4.69, 9.17) is 10.5 Å². The van der Waals surface area contributed by atoms with Crippen LogP contribution in [0.5, 0.6) is 11.5 Å². The smallest absolute Gasteiger partial charge is 0.235 e. The van der Waals surface area contributed by atoms with E-state index in [-0.39, 0.29) is 24.2 Å². The van der Waals surface area contributed by atoms with Crippen molar-refractivity contribution in [2.45, 2.75) is 37.0 Å². The maximum atomic E-state index is 14.0. The number of phenolic OH excluding ortho intramolecular Hbond substituents is 1. The molecule has 0 heterocycles. The Morgan fingerprint density at radius 3 is 2.47 bits per heavy atom. The minimum Gasteiger partial charge on any atom is -0.507 e. The van der Waals surface area contributed by atoms with Gasteiger partial charge in [-0.25, -0.2) is 0 Å². The summed E-state index contributed by atoms with van der Waals surface area (Å²) in [5, 5.41) is 33.2. The lowest BCUT2D eigenvalue weighted by molar-refractivity contribution is -0.181. The van der Waals surface area contributed by atoms with Crippen LogP contribution in [0.2, 0.25) is 0 Å². The number of aliphatic hydroxyl groups excluding tert-OH is 1. The number of ketones is 4. The number of phenols is 1. The van der Waals surface area contributed by atoms with E-state index in [1.165, 1.54) is 32.2 Å². The first-order valence-electron chi connectivity index (χ1n) is 14.0. The first-order chi connectivity index (χ1) is 20.3. The maximum Gasteiger partial charge on any atom is 0.235 e. The first kappa shape index (κ1) is 30.3. The van der Waals surface area contributed by atoms with Gasteiger partial charge in [0.25, 0.3) is 0 Å². The van der Waals surface area contributed by atoms with Crippen LogP contribution in [-0.2, 0) is 25.6 Å². The zero-order valence-corrected chi connectivity index (χ0v) is 24.1. The third kappa shape index (κ3) is 4.41. The molecule has 5 rings (SSSR count). The summed E-state index contributed by atoms with van der Waals surface area (Å²) in [5.41, 5.74) is 4.54. The summed E-state index contributed by atoms with van der Waals surface area (Å²) in [4.78, 5) is 68.4. The Kier molecular flexibility index (Phi) is 7.62. The van der Waals surface area contributed by atoms with E-state index in [2.05, 4.69) is 6.58 Å². The molecule has 2 saturated carbocycles. The van der Waals surface area contributed by atoms with Crippen LogP contribution in [0.3, 0.4) is 0 Å². The number of fused-ring (bicyclic) bond motifs is 3. The van der Waals surface area contributed by atoms with Crippen LogP contribution in [0.15, 0.2) is 43.0 Å². The van der Waals surface area contributed by atoms with Crippen molar-refractivity contribution in [3.05, 3.63) is 59.7 Å². The lowest BCUT2D eigenvalue weighted by Gasteiger charge is -2.52. The molecule has 3 unspecified atom stereocenters. The molecule has 43 heavy (non-hydrogen) atoms.